The monoisotopic (exact) mass is 489 g/mol. The second kappa shape index (κ2) is 10.4. The molecular formula is C28H32FN5O2. The molecule has 1 heterocycles. The highest BCUT2D eigenvalue weighted by Crippen LogP contribution is 2.34. The van der Waals surface area contributed by atoms with E-state index in [2.05, 4.69) is 22.0 Å². The number of amides is 1. The predicted octanol–water partition coefficient (Wildman–Crippen LogP) is 4.90. The summed E-state index contributed by atoms with van der Waals surface area (Å²) < 4.78 is 21.7. The molecule has 188 valence electrons. The van der Waals surface area contributed by atoms with E-state index in [1.54, 1.807) is 27.1 Å². The molecule has 0 radical (unpaired) electrons. The Morgan fingerprint density at radius 2 is 1.83 bits per heavy atom. The van der Waals surface area contributed by atoms with Gasteiger partial charge in [-0.2, -0.15) is 5.10 Å². The lowest BCUT2D eigenvalue weighted by Gasteiger charge is -2.22. The van der Waals surface area contributed by atoms with Crippen LogP contribution in [0.2, 0.25) is 0 Å². The van der Waals surface area contributed by atoms with Crippen molar-refractivity contribution in [1.29, 1.82) is 0 Å². The van der Waals surface area contributed by atoms with Crippen LogP contribution in [0.4, 0.5) is 15.9 Å². The largest absolute Gasteiger partial charge is 0.496 e. The Hall–Kier alpha value is -3.91. The fraction of sp³-hybridized carbons (Fsp3) is 0.286. The van der Waals surface area contributed by atoms with Gasteiger partial charge in [0.2, 0.25) is 5.91 Å². The SMILES string of the molecule is CNC(C)(C)C(=O)NCc1cccc(Cn2nc(Nc3ccc(C)c(F)c3)c3c(OC)cccc32)c1. The highest BCUT2D eigenvalue weighted by molar-refractivity contribution is 5.97. The normalized spacial score (nSPS) is 11.5. The fourth-order valence-electron chi connectivity index (χ4n) is 3.91. The van der Waals surface area contributed by atoms with E-state index in [1.165, 1.54) is 6.07 Å². The lowest BCUT2D eigenvalue weighted by molar-refractivity contribution is -0.126. The van der Waals surface area contributed by atoms with Crippen LogP contribution < -0.4 is 20.7 Å². The van der Waals surface area contributed by atoms with Crippen LogP contribution in [0.1, 0.15) is 30.5 Å². The first-order chi connectivity index (χ1) is 17.2. The van der Waals surface area contributed by atoms with Crippen LogP contribution in [0.3, 0.4) is 0 Å². The molecule has 0 aliphatic rings. The molecule has 3 N–H and O–H groups in total. The fourth-order valence-corrected chi connectivity index (χ4v) is 3.91. The Balaban J connectivity index is 1.62. The van der Waals surface area contributed by atoms with Gasteiger partial charge in [0.1, 0.15) is 11.6 Å². The number of likely N-dealkylation sites (N-methyl/N-ethyl adjacent to an activating group) is 1. The lowest BCUT2D eigenvalue weighted by atomic mass is 10.0. The minimum absolute atomic E-state index is 0.0659. The van der Waals surface area contributed by atoms with Gasteiger partial charge in [0.15, 0.2) is 5.82 Å². The molecule has 0 atom stereocenters. The summed E-state index contributed by atoms with van der Waals surface area (Å²) in [5.41, 5.74) is 3.47. The number of hydrogen-bond acceptors (Lipinski definition) is 5. The molecule has 0 aliphatic heterocycles. The van der Waals surface area contributed by atoms with E-state index < -0.39 is 5.54 Å². The third-order valence-corrected chi connectivity index (χ3v) is 6.36. The maximum Gasteiger partial charge on any atom is 0.239 e. The maximum atomic E-state index is 14.2. The molecule has 0 saturated carbocycles. The molecule has 4 aromatic rings. The number of aryl methyl sites for hydroxylation is 1. The molecule has 1 amide bonds. The van der Waals surface area contributed by atoms with Gasteiger partial charge in [-0.25, -0.2) is 4.39 Å². The number of nitrogens with zero attached hydrogens (tertiary/aromatic N) is 2. The second-order valence-electron chi connectivity index (χ2n) is 9.33. The summed E-state index contributed by atoms with van der Waals surface area (Å²) in [4.78, 5) is 12.4. The number of fused-ring (bicyclic) bond motifs is 1. The van der Waals surface area contributed by atoms with Crippen LogP contribution in [0.25, 0.3) is 10.9 Å². The van der Waals surface area contributed by atoms with E-state index in [1.807, 2.05) is 61.0 Å². The Morgan fingerprint density at radius 1 is 1.08 bits per heavy atom. The number of hydrogen-bond donors (Lipinski definition) is 3. The first kappa shape index (κ1) is 25.2. The van der Waals surface area contributed by atoms with Crippen molar-refractivity contribution in [3.8, 4) is 5.75 Å². The summed E-state index contributed by atoms with van der Waals surface area (Å²) >= 11 is 0. The Kier molecular flexibility index (Phi) is 7.26. The van der Waals surface area contributed by atoms with Gasteiger partial charge in [-0.05, 0) is 68.8 Å². The number of methoxy groups -OCH3 is 1. The van der Waals surface area contributed by atoms with Gasteiger partial charge in [0, 0.05) is 12.2 Å². The van der Waals surface area contributed by atoms with Crippen molar-refractivity contribution in [3.05, 3.63) is 83.2 Å². The average molecular weight is 490 g/mol. The molecule has 1 aromatic heterocycles. The lowest BCUT2D eigenvalue weighted by Crippen LogP contribution is -2.50. The molecule has 4 rings (SSSR count). The summed E-state index contributed by atoms with van der Waals surface area (Å²) in [6.07, 6.45) is 0. The standard InChI is InChI=1S/C28H32FN5O2/c1-18-12-13-21(15-22(18)29)32-26-25-23(10-7-11-24(25)36-5)34(33-26)17-20-9-6-8-19(14-20)16-31-27(35)28(2,3)30-4/h6-15,30H,16-17H2,1-5H3,(H,31,35)(H,32,33). The van der Waals surface area contributed by atoms with Gasteiger partial charge >= 0.3 is 0 Å². The topological polar surface area (TPSA) is 80.2 Å². The van der Waals surface area contributed by atoms with Gasteiger partial charge < -0.3 is 20.7 Å². The summed E-state index contributed by atoms with van der Waals surface area (Å²) in [6.45, 7) is 6.35. The van der Waals surface area contributed by atoms with E-state index in [-0.39, 0.29) is 11.7 Å². The number of carbonyl (C=O) groups is 1. The minimum Gasteiger partial charge on any atom is -0.496 e. The summed E-state index contributed by atoms with van der Waals surface area (Å²) in [5.74, 6) is 0.919. The second-order valence-corrected chi connectivity index (χ2v) is 9.33. The molecule has 8 heteroatoms. The third kappa shape index (κ3) is 5.33. The highest BCUT2D eigenvalue weighted by atomic mass is 19.1. The molecule has 0 fully saturated rings. The van der Waals surface area contributed by atoms with Crippen molar-refractivity contribution in [1.82, 2.24) is 20.4 Å². The first-order valence-corrected chi connectivity index (χ1v) is 11.8. The number of carbonyl (C=O) groups excluding carboxylic acids is 1. The quantitative estimate of drug-likeness (QED) is 0.312. The van der Waals surface area contributed by atoms with Gasteiger partial charge in [-0.1, -0.05) is 36.4 Å². The average Bonchev–Trinajstić information content (AvgIpc) is 3.21. The van der Waals surface area contributed by atoms with E-state index in [4.69, 9.17) is 9.84 Å². The number of nitrogens with one attached hydrogen (secondary N) is 3. The van der Waals surface area contributed by atoms with Crippen molar-refractivity contribution in [3.63, 3.8) is 0 Å². The Labute approximate surface area is 210 Å². The van der Waals surface area contributed by atoms with Gasteiger partial charge in [0.05, 0.1) is 30.1 Å². The maximum absolute atomic E-state index is 14.2. The van der Waals surface area contributed by atoms with Crippen molar-refractivity contribution in [2.45, 2.75) is 39.4 Å². The molecule has 0 aliphatic carbocycles. The Bertz CT molecular complexity index is 1400. The van der Waals surface area contributed by atoms with E-state index in [9.17, 15) is 9.18 Å². The van der Waals surface area contributed by atoms with Crippen molar-refractivity contribution in [2.24, 2.45) is 0 Å². The number of rotatable bonds is 9. The number of halogens is 1. The smallest absolute Gasteiger partial charge is 0.239 e. The Morgan fingerprint density at radius 3 is 2.56 bits per heavy atom. The van der Waals surface area contributed by atoms with Crippen LogP contribution in [-0.4, -0.2) is 35.4 Å². The molecule has 3 aromatic carbocycles. The van der Waals surface area contributed by atoms with Crippen LogP contribution in [-0.2, 0) is 17.9 Å². The van der Waals surface area contributed by atoms with E-state index in [0.717, 1.165) is 22.0 Å². The molecular weight excluding hydrogens is 457 g/mol. The number of aromatic nitrogens is 2. The molecule has 0 unspecified atom stereocenters. The van der Waals surface area contributed by atoms with E-state index >= 15 is 0 Å². The first-order valence-electron chi connectivity index (χ1n) is 11.8. The zero-order chi connectivity index (χ0) is 25.9. The van der Waals surface area contributed by atoms with Gasteiger partial charge in [-0.3, -0.25) is 9.48 Å². The number of ether oxygens (including phenoxy) is 1. The zero-order valence-corrected chi connectivity index (χ0v) is 21.3. The van der Waals surface area contributed by atoms with Crippen LogP contribution in [0.5, 0.6) is 5.75 Å². The summed E-state index contributed by atoms with van der Waals surface area (Å²) in [6, 6.07) is 18.8. The predicted molar refractivity (Wildman–Crippen MR) is 141 cm³/mol. The molecule has 36 heavy (non-hydrogen) atoms. The molecule has 0 spiro atoms. The van der Waals surface area contributed by atoms with Crippen molar-refractivity contribution >= 4 is 28.3 Å². The molecule has 0 bridgehead atoms. The summed E-state index contributed by atoms with van der Waals surface area (Å²) in [5, 5.41) is 14.9. The minimum atomic E-state index is -0.644. The van der Waals surface area contributed by atoms with Crippen LogP contribution >= 0.6 is 0 Å². The van der Waals surface area contributed by atoms with Crippen molar-refractivity contribution in [2.75, 3.05) is 19.5 Å². The van der Waals surface area contributed by atoms with E-state index in [0.29, 0.717) is 35.9 Å². The molecule has 0 saturated heterocycles. The van der Waals surface area contributed by atoms with Crippen LogP contribution in [0.15, 0.2) is 60.7 Å². The zero-order valence-electron chi connectivity index (χ0n) is 21.3. The number of anilines is 2. The van der Waals surface area contributed by atoms with Crippen LogP contribution in [0, 0.1) is 12.7 Å². The van der Waals surface area contributed by atoms with Gasteiger partial charge in [0.25, 0.3) is 0 Å². The third-order valence-electron chi connectivity index (χ3n) is 6.36. The summed E-state index contributed by atoms with van der Waals surface area (Å²) in [7, 11) is 3.39. The highest BCUT2D eigenvalue weighted by Gasteiger charge is 2.24. The van der Waals surface area contributed by atoms with Gasteiger partial charge in [-0.15, -0.1) is 0 Å². The molecule has 7 nitrogen and oxygen atoms in total. The van der Waals surface area contributed by atoms with Crippen molar-refractivity contribution < 1.29 is 13.9 Å². The number of benzene rings is 3.